The third-order valence-electron chi connectivity index (χ3n) is 3.23. The second-order valence-electron chi connectivity index (χ2n) is 5.04. The molecule has 0 saturated heterocycles. The van der Waals surface area contributed by atoms with Crippen LogP contribution >= 0.6 is 11.8 Å². The molecule has 0 amide bonds. The summed E-state index contributed by atoms with van der Waals surface area (Å²) in [6.45, 7) is 6.67. The van der Waals surface area contributed by atoms with Gasteiger partial charge in [-0.05, 0) is 62.8 Å². The average Bonchev–Trinajstić information content (AvgIpc) is 2.38. The highest BCUT2D eigenvalue weighted by Gasteiger charge is 2.09. The normalized spacial score (nSPS) is 12.6. The lowest BCUT2D eigenvalue weighted by atomic mass is 9.96. The highest BCUT2D eigenvalue weighted by molar-refractivity contribution is 7.98. The molecular weight excluding hydrogens is 238 g/mol. The molecule has 0 saturated carbocycles. The Balaban J connectivity index is 2.45. The Morgan fingerprint density at radius 3 is 2.56 bits per heavy atom. The summed E-state index contributed by atoms with van der Waals surface area (Å²) in [6, 6.07) is 9.00. The molecule has 1 N–H and O–H groups in total. The van der Waals surface area contributed by atoms with Crippen LogP contribution in [0.25, 0.3) is 0 Å². The van der Waals surface area contributed by atoms with Gasteiger partial charge in [-0.15, -0.1) is 0 Å². The Labute approximate surface area is 117 Å². The summed E-state index contributed by atoms with van der Waals surface area (Å²) in [7, 11) is 0. The Hall–Kier alpha value is -0.470. The molecule has 0 bridgehead atoms. The third kappa shape index (κ3) is 6.46. The monoisotopic (exact) mass is 265 g/mol. The lowest BCUT2D eigenvalue weighted by Crippen LogP contribution is -2.25. The molecule has 0 aliphatic heterocycles. The molecule has 1 rings (SSSR count). The van der Waals surface area contributed by atoms with E-state index in [2.05, 4.69) is 49.7 Å². The molecule has 0 aromatic heterocycles. The van der Waals surface area contributed by atoms with E-state index in [4.69, 9.17) is 0 Å². The molecular formula is C16H27NS. The van der Waals surface area contributed by atoms with Crippen molar-refractivity contribution < 1.29 is 0 Å². The van der Waals surface area contributed by atoms with Crippen LogP contribution in [0.4, 0.5) is 0 Å². The topological polar surface area (TPSA) is 12.0 Å². The van der Waals surface area contributed by atoms with E-state index in [1.807, 2.05) is 11.8 Å². The van der Waals surface area contributed by atoms with Crippen molar-refractivity contribution in [2.45, 2.75) is 33.1 Å². The van der Waals surface area contributed by atoms with Gasteiger partial charge >= 0.3 is 0 Å². The molecule has 1 atom stereocenters. The number of benzene rings is 1. The SMILES string of the molecule is CCCNCC(CCSC)Cc1ccc(C)cc1. The minimum absolute atomic E-state index is 0.770. The fourth-order valence-corrected chi connectivity index (χ4v) is 2.67. The Bertz CT molecular complexity index is 307. The summed E-state index contributed by atoms with van der Waals surface area (Å²) < 4.78 is 0. The van der Waals surface area contributed by atoms with E-state index in [0.717, 1.165) is 19.0 Å². The highest BCUT2D eigenvalue weighted by Crippen LogP contribution is 2.15. The number of nitrogens with one attached hydrogen (secondary N) is 1. The van der Waals surface area contributed by atoms with Crippen LogP contribution in [0.2, 0.25) is 0 Å². The Morgan fingerprint density at radius 1 is 1.22 bits per heavy atom. The zero-order chi connectivity index (χ0) is 13.2. The number of hydrogen-bond donors (Lipinski definition) is 1. The maximum Gasteiger partial charge on any atom is -0.00170 e. The third-order valence-corrected chi connectivity index (χ3v) is 3.88. The predicted octanol–water partition coefficient (Wildman–Crippen LogP) is 3.91. The average molecular weight is 265 g/mol. The van der Waals surface area contributed by atoms with Gasteiger partial charge in [0.1, 0.15) is 0 Å². The van der Waals surface area contributed by atoms with E-state index in [-0.39, 0.29) is 0 Å². The van der Waals surface area contributed by atoms with Gasteiger partial charge in [0.25, 0.3) is 0 Å². The van der Waals surface area contributed by atoms with Crippen LogP contribution < -0.4 is 5.32 Å². The molecule has 102 valence electrons. The fourth-order valence-electron chi connectivity index (χ4n) is 2.10. The van der Waals surface area contributed by atoms with E-state index >= 15 is 0 Å². The summed E-state index contributed by atoms with van der Waals surface area (Å²) in [5.74, 6) is 2.04. The van der Waals surface area contributed by atoms with Crippen molar-refractivity contribution in [3.63, 3.8) is 0 Å². The number of hydrogen-bond acceptors (Lipinski definition) is 2. The van der Waals surface area contributed by atoms with Crippen molar-refractivity contribution in [3.05, 3.63) is 35.4 Å². The molecule has 1 aromatic rings. The van der Waals surface area contributed by atoms with Gasteiger partial charge in [0.15, 0.2) is 0 Å². The first-order chi connectivity index (χ1) is 8.76. The second kappa shape index (κ2) is 9.46. The van der Waals surface area contributed by atoms with Gasteiger partial charge in [-0.25, -0.2) is 0 Å². The molecule has 0 aliphatic carbocycles. The van der Waals surface area contributed by atoms with Crippen molar-refractivity contribution in [3.8, 4) is 0 Å². The lowest BCUT2D eigenvalue weighted by molar-refractivity contribution is 0.463. The fraction of sp³-hybridized carbons (Fsp3) is 0.625. The molecule has 18 heavy (non-hydrogen) atoms. The molecule has 1 aromatic carbocycles. The number of rotatable bonds is 9. The van der Waals surface area contributed by atoms with E-state index < -0.39 is 0 Å². The predicted molar refractivity (Wildman–Crippen MR) is 84.5 cm³/mol. The summed E-state index contributed by atoms with van der Waals surface area (Å²) >= 11 is 1.95. The largest absolute Gasteiger partial charge is 0.316 e. The first kappa shape index (κ1) is 15.6. The van der Waals surface area contributed by atoms with Crippen LogP contribution in [0.3, 0.4) is 0 Å². The Kier molecular flexibility index (Phi) is 8.19. The van der Waals surface area contributed by atoms with Crippen LogP contribution in [0.5, 0.6) is 0 Å². The van der Waals surface area contributed by atoms with Gasteiger partial charge in [-0.3, -0.25) is 0 Å². The van der Waals surface area contributed by atoms with Crippen LogP contribution in [0.1, 0.15) is 30.9 Å². The molecule has 0 radical (unpaired) electrons. The minimum atomic E-state index is 0.770. The van der Waals surface area contributed by atoms with Crippen molar-refractivity contribution >= 4 is 11.8 Å². The summed E-state index contributed by atoms with van der Waals surface area (Å²) in [4.78, 5) is 0. The zero-order valence-corrected chi connectivity index (χ0v) is 12.9. The zero-order valence-electron chi connectivity index (χ0n) is 12.0. The maximum atomic E-state index is 3.57. The standard InChI is InChI=1S/C16H27NS/c1-4-10-17-13-16(9-11-18-3)12-15-7-5-14(2)6-8-15/h5-8,16-17H,4,9-13H2,1-3H3. The van der Waals surface area contributed by atoms with Gasteiger partial charge in [-0.2, -0.15) is 11.8 Å². The molecule has 0 heterocycles. The smallest absolute Gasteiger partial charge is 0.00170 e. The van der Waals surface area contributed by atoms with Crippen LogP contribution in [-0.4, -0.2) is 25.1 Å². The molecule has 1 nitrogen and oxygen atoms in total. The quantitative estimate of drug-likeness (QED) is 0.680. The summed E-state index contributed by atoms with van der Waals surface area (Å²) in [5, 5.41) is 3.57. The van der Waals surface area contributed by atoms with Gasteiger partial charge < -0.3 is 5.32 Å². The van der Waals surface area contributed by atoms with E-state index in [9.17, 15) is 0 Å². The molecule has 2 heteroatoms. The second-order valence-corrected chi connectivity index (χ2v) is 6.03. The van der Waals surface area contributed by atoms with Crippen molar-refractivity contribution in [2.75, 3.05) is 25.1 Å². The van der Waals surface area contributed by atoms with Crippen LogP contribution in [0, 0.1) is 12.8 Å². The summed E-state index contributed by atoms with van der Waals surface area (Å²) in [5.41, 5.74) is 2.83. The number of aryl methyl sites for hydroxylation is 1. The molecule has 0 fully saturated rings. The van der Waals surface area contributed by atoms with Gasteiger partial charge in [-0.1, -0.05) is 36.8 Å². The van der Waals surface area contributed by atoms with E-state index in [1.165, 1.54) is 36.1 Å². The first-order valence-corrected chi connectivity index (χ1v) is 8.40. The van der Waals surface area contributed by atoms with Gasteiger partial charge in [0.05, 0.1) is 0 Å². The lowest BCUT2D eigenvalue weighted by Gasteiger charge is -2.17. The van der Waals surface area contributed by atoms with Crippen molar-refractivity contribution in [2.24, 2.45) is 5.92 Å². The first-order valence-electron chi connectivity index (χ1n) is 7.01. The number of thioether (sulfide) groups is 1. The van der Waals surface area contributed by atoms with Gasteiger partial charge in [0, 0.05) is 0 Å². The van der Waals surface area contributed by atoms with Gasteiger partial charge in [0.2, 0.25) is 0 Å². The highest BCUT2D eigenvalue weighted by atomic mass is 32.2. The van der Waals surface area contributed by atoms with Crippen LogP contribution in [0.15, 0.2) is 24.3 Å². The molecule has 1 unspecified atom stereocenters. The Morgan fingerprint density at radius 2 is 1.94 bits per heavy atom. The molecule has 0 spiro atoms. The maximum absolute atomic E-state index is 3.57. The van der Waals surface area contributed by atoms with E-state index in [0.29, 0.717) is 0 Å². The van der Waals surface area contributed by atoms with Crippen LogP contribution in [-0.2, 0) is 6.42 Å². The molecule has 0 aliphatic rings. The van der Waals surface area contributed by atoms with Crippen molar-refractivity contribution in [1.82, 2.24) is 5.32 Å². The summed E-state index contributed by atoms with van der Waals surface area (Å²) in [6.07, 6.45) is 5.94. The van der Waals surface area contributed by atoms with E-state index in [1.54, 1.807) is 0 Å². The minimum Gasteiger partial charge on any atom is -0.316 e. The van der Waals surface area contributed by atoms with Crippen molar-refractivity contribution in [1.29, 1.82) is 0 Å².